The van der Waals surface area contributed by atoms with Crippen LogP contribution < -0.4 is 19.7 Å². The van der Waals surface area contributed by atoms with Crippen molar-refractivity contribution < 1.29 is 9.47 Å². The van der Waals surface area contributed by atoms with Crippen LogP contribution in [0, 0.1) is 17.2 Å². The molecule has 0 saturated carbocycles. The van der Waals surface area contributed by atoms with E-state index in [1.807, 2.05) is 30.7 Å². The third-order valence-corrected chi connectivity index (χ3v) is 9.29. The third kappa shape index (κ3) is 6.06. The molecular formula is C33H39N9O2. The molecule has 0 spiro atoms. The molecule has 7 rings (SSSR count). The number of nitrogens with zero attached hydrogens (tertiary/aromatic N) is 8. The number of aromatic nitrogens is 4. The van der Waals surface area contributed by atoms with Crippen LogP contribution in [0.2, 0.25) is 0 Å². The fourth-order valence-corrected chi connectivity index (χ4v) is 6.85. The molecule has 1 N–H and O–H groups in total. The van der Waals surface area contributed by atoms with Crippen molar-refractivity contribution in [1.82, 2.24) is 34.7 Å². The van der Waals surface area contributed by atoms with Crippen molar-refractivity contribution in [2.45, 2.75) is 25.4 Å². The maximum Gasteiger partial charge on any atom is 0.212 e. The highest BCUT2D eigenvalue weighted by molar-refractivity contribution is 5.85. The monoisotopic (exact) mass is 593 g/mol. The van der Waals surface area contributed by atoms with Crippen molar-refractivity contribution in [2.24, 2.45) is 5.92 Å². The molecule has 3 fully saturated rings. The molecule has 4 aromatic heterocycles. The van der Waals surface area contributed by atoms with Gasteiger partial charge in [-0.15, -0.1) is 0 Å². The quantitative estimate of drug-likeness (QED) is 0.311. The fourth-order valence-electron chi connectivity index (χ4n) is 6.85. The highest BCUT2D eigenvalue weighted by atomic mass is 16.5. The lowest BCUT2D eigenvalue weighted by Gasteiger charge is -2.35. The first-order valence-electron chi connectivity index (χ1n) is 15.6. The lowest BCUT2D eigenvalue weighted by Crippen LogP contribution is -2.46. The average Bonchev–Trinajstić information content (AvgIpc) is 3.72. The van der Waals surface area contributed by atoms with Crippen LogP contribution in [0.5, 0.6) is 11.6 Å². The molecule has 2 atom stereocenters. The zero-order valence-electron chi connectivity index (χ0n) is 25.2. The smallest absolute Gasteiger partial charge is 0.212 e. The summed E-state index contributed by atoms with van der Waals surface area (Å²) in [6.45, 7) is 9.49. The van der Waals surface area contributed by atoms with Gasteiger partial charge < -0.3 is 19.7 Å². The predicted molar refractivity (Wildman–Crippen MR) is 168 cm³/mol. The molecule has 0 aliphatic carbocycles. The van der Waals surface area contributed by atoms with Crippen LogP contribution in [-0.4, -0.2) is 101 Å². The Bertz CT molecular complexity index is 1610. The van der Waals surface area contributed by atoms with Gasteiger partial charge in [-0.05, 0) is 55.6 Å². The van der Waals surface area contributed by atoms with Crippen LogP contribution in [0.15, 0.2) is 55.1 Å². The second kappa shape index (κ2) is 12.8. The molecule has 3 aliphatic rings. The number of pyridine rings is 3. The zero-order chi connectivity index (χ0) is 29.9. The van der Waals surface area contributed by atoms with E-state index in [1.165, 1.54) is 18.4 Å². The molecule has 0 radical (unpaired) electrons. The highest BCUT2D eigenvalue weighted by Gasteiger charge is 2.32. The number of hydrogen-bond acceptors (Lipinski definition) is 10. The normalized spacial score (nSPS) is 20.9. The standard InChI is InChI=1S/C33H39N9O2/c1-43-32-5-2-24(18-37-32)21-40-10-12-41(13-11-40)31-4-3-25(19-36-31)29-16-28(23-42-33(29)27(17-34)20-38-42)44-15-14-39-9-7-30-26(22-39)6-8-35-30/h2-5,16,18-20,23,26,30,35H,6-15,21-22H2,1H3. The maximum atomic E-state index is 9.79. The summed E-state index contributed by atoms with van der Waals surface area (Å²) in [5.41, 5.74) is 4.31. The van der Waals surface area contributed by atoms with E-state index in [4.69, 9.17) is 14.5 Å². The van der Waals surface area contributed by atoms with E-state index in [-0.39, 0.29) is 0 Å². The average molecular weight is 594 g/mol. The van der Waals surface area contributed by atoms with E-state index < -0.39 is 0 Å². The van der Waals surface area contributed by atoms with Gasteiger partial charge in [0.25, 0.3) is 0 Å². The first kappa shape index (κ1) is 28.5. The molecule has 4 aromatic rings. The van der Waals surface area contributed by atoms with Gasteiger partial charge in [-0.2, -0.15) is 10.4 Å². The Morgan fingerprint density at radius 3 is 2.68 bits per heavy atom. The zero-order valence-corrected chi connectivity index (χ0v) is 25.2. The number of nitriles is 1. The molecule has 3 aliphatic heterocycles. The van der Waals surface area contributed by atoms with Gasteiger partial charge in [0.1, 0.15) is 24.2 Å². The lowest BCUT2D eigenvalue weighted by molar-refractivity contribution is 0.138. The van der Waals surface area contributed by atoms with Gasteiger partial charge in [0, 0.05) is 81.4 Å². The molecule has 44 heavy (non-hydrogen) atoms. The second-order valence-electron chi connectivity index (χ2n) is 12.0. The molecule has 3 saturated heterocycles. The Hall–Kier alpha value is -4.24. The summed E-state index contributed by atoms with van der Waals surface area (Å²) in [4.78, 5) is 16.5. The van der Waals surface area contributed by atoms with Crippen LogP contribution in [0.1, 0.15) is 24.0 Å². The number of fused-ring (bicyclic) bond motifs is 2. The van der Waals surface area contributed by atoms with Crippen molar-refractivity contribution in [3.05, 3.63) is 66.2 Å². The topological polar surface area (TPSA) is 107 Å². The Morgan fingerprint density at radius 1 is 1.00 bits per heavy atom. The van der Waals surface area contributed by atoms with Gasteiger partial charge in [0.15, 0.2) is 0 Å². The Balaban J connectivity index is 1.01. The second-order valence-corrected chi connectivity index (χ2v) is 12.0. The van der Waals surface area contributed by atoms with Crippen LogP contribution in [0.3, 0.4) is 0 Å². The van der Waals surface area contributed by atoms with Crippen molar-refractivity contribution in [3.8, 4) is 28.8 Å². The maximum absolute atomic E-state index is 9.79. The number of rotatable bonds is 9. The summed E-state index contributed by atoms with van der Waals surface area (Å²) in [6, 6.07) is 13.2. The molecule has 0 bridgehead atoms. The lowest BCUT2D eigenvalue weighted by atomic mass is 9.93. The van der Waals surface area contributed by atoms with Crippen molar-refractivity contribution in [2.75, 3.05) is 71.0 Å². The molecule has 0 aromatic carbocycles. The largest absolute Gasteiger partial charge is 0.491 e. The van der Waals surface area contributed by atoms with Crippen LogP contribution in [-0.2, 0) is 6.54 Å². The van der Waals surface area contributed by atoms with Crippen LogP contribution in [0.4, 0.5) is 5.82 Å². The van der Waals surface area contributed by atoms with Gasteiger partial charge in [-0.25, -0.2) is 14.5 Å². The Kier molecular flexibility index (Phi) is 8.29. The number of methoxy groups -OCH3 is 1. The summed E-state index contributed by atoms with van der Waals surface area (Å²) >= 11 is 0. The number of hydrogen-bond donors (Lipinski definition) is 1. The minimum atomic E-state index is 0.534. The predicted octanol–water partition coefficient (Wildman–Crippen LogP) is 3.06. The first-order valence-corrected chi connectivity index (χ1v) is 15.6. The summed E-state index contributed by atoms with van der Waals surface area (Å²) in [5.74, 6) is 3.09. The third-order valence-electron chi connectivity index (χ3n) is 9.29. The molecule has 0 amide bonds. The van der Waals surface area contributed by atoms with Crippen LogP contribution >= 0.6 is 0 Å². The number of piperazine rings is 1. The molecular weight excluding hydrogens is 554 g/mol. The van der Waals surface area contributed by atoms with E-state index in [2.05, 4.69) is 54.4 Å². The number of anilines is 1. The van der Waals surface area contributed by atoms with E-state index >= 15 is 0 Å². The molecule has 2 unspecified atom stereocenters. The van der Waals surface area contributed by atoms with Crippen molar-refractivity contribution in [1.29, 1.82) is 5.26 Å². The first-order chi connectivity index (χ1) is 21.7. The summed E-state index contributed by atoms with van der Waals surface area (Å²) in [6.07, 6.45) is 9.76. The van der Waals surface area contributed by atoms with Gasteiger partial charge in [-0.1, -0.05) is 6.07 Å². The Morgan fingerprint density at radius 2 is 1.91 bits per heavy atom. The molecule has 228 valence electrons. The SMILES string of the molecule is COc1ccc(CN2CCN(c3ccc(-c4cc(OCCN5CCC6NCCC6C5)cn5ncc(C#N)c45)cn3)CC2)cn1. The minimum Gasteiger partial charge on any atom is -0.491 e. The Labute approximate surface area is 258 Å². The van der Waals surface area contributed by atoms with Crippen LogP contribution in [0.25, 0.3) is 16.6 Å². The molecule has 11 nitrogen and oxygen atoms in total. The number of nitrogens with one attached hydrogen (secondary N) is 1. The van der Waals surface area contributed by atoms with Crippen molar-refractivity contribution in [3.63, 3.8) is 0 Å². The van der Waals surface area contributed by atoms with E-state index in [0.717, 1.165) is 93.0 Å². The van der Waals surface area contributed by atoms with Gasteiger partial charge >= 0.3 is 0 Å². The molecule has 11 heteroatoms. The highest BCUT2D eigenvalue weighted by Crippen LogP contribution is 2.32. The van der Waals surface area contributed by atoms with E-state index in [9.17, 15) is 5.26 Å². The van der Waals surface area contributed by atoms with E-state index in [0.29, 0.717) is 24.1 Å². The van der Waals surface area contributed by atoms with Crippen molar-refractivity contribution >= 4 is 11.3 Å². The number of ether oxygens (including phenoxy) is 2. The number of piperidine rings is 1. The molecule has 7 heterocycles. The number of likely N-dealkylation sites (tertiary alicyclic amines) is 1. The summed E-state index contributed by atoms with van der Waals surface area (Å²) in [7, 11) is 1.63. The van der Waals surface area contributed by atoms with Gasteiger partial charge in [0.2, 0.25) is 5.88 Å². The summed E-state index contributed by atoms with van der Waals surface area (Å²) in [5, 5.41) is 17.9. The van der Waals surface area contributed by atoms with Gasteiger partial charge in [0.05, 0.1) is 30.6 Å². The minimum absolute atomic E-state index is 0.534. The fraction of sp³-hybridized carbons (Fsp3) is 0.455. The van der Waals surface area contributed by atoms with E-state index in [1.54, 1.807) is 17.8 Å². The van der Waals surface area contributed by atoms with Gasteiger partial charge in [-0.3, -0.25) is 9.80 Å². The summed E-state index contributed by atoms with van der Waals surface area (Å²) < 4.78 is 13.2.